The van der Waals surface area contributed by atoms with Crippen LogP contribution in [0.2, 0.25) is 0 Å². The lowest BCUT2D eigenvalue weighted by Gasteiger charge is -2.38. The standard InChI is InChI=1S/C24H34N2O5/c1-6-7-17-8-9-20(21(14-17)29-5)30-16-22(27)25-12-11-19-18(15-25)10-13-26(19)23(28)31-24(2,3)4/h6,8-9,14,18-19H,1,7,10-13,15-16H2,2-5H3. The third kappa shape index (κ3) is 5.71. The summed E-state index contributed by atoms with van der Waals surface area (Å²) in [5, 5.41) is 0. The number of likely N-dealkylation sites (tertiary alicyclic amines) is 2. The summed E-state index contributed by atoms with van der Waals surface area (Å²) < 4.78 is 16.7. The molecule has 2 aliphatic rings. The van der Waals surface area contributed by atoms with Gasteiger partial charge in [0, 0.05) is 25.7 Å². The van der Waals surface area contributed by atoms with Crippen LogP contribution in [0.25, 0.3) is 0 Å². The van der Waals surface area contributed by atoms with E-state index < -0.39 is 5.60 Å². The molecule has 0 radical (unpaired) electrons. The van der Waals surface area contributed by atoms with E-state index in [2.05, 4.69) is 6.58 Å². The fraction of sp³-hybridized carbons (Fsp3) is 0.583. The molecule has 2 atom stereocenters. The highest BCUT2D eigenvalue weighted by molar-refractivity contribution is 5.78. The Morgan fingerprint density at radius 3 is 2.65 bits per heavy atom. The van der Waals surface area contributed by atoms with Crippen LogP contribution in [0.1, 0.15) is 39.2 Å². The van der Waals surface area contributed by atoms with Crippen LogP contribution < -0.4 is 9.47 Å². The van der Waals surface area contributed by atoms with Crippen molar-refractivity contribution in [3.63, 3.8) is 0 Å². The minimum atomic E-state index is -0.506. The molecule has 31 heavy (non-hydrogen) atoms. The summed E-state index contributed by atoms with van der Waals surface area (Å²) in [5.74, 6) is 1.38. The maximum atomic E-state index is 12.8. The van der Waals surface area contributed by atoms with Gasteiger partial charge in [0.25, 0.3) is 5.91 Å². The Morgan fingerprint density at radius 1 is 1.19 bits per heavy atom. The van der Waals surface area contributed by atoms with E-state index >= 15 is 0 Å². The molecule has 0 bridgehead atoms. The topological polar surface area (TPSA) is 68.3 Å². The number of hydrogen-bond acceptors (Lipinski definition) is 5. The van der Waals surface area contributed by atoms with Crippen molar-refractivity contribution in [1.82, 2.24) is 9.80 Å². The SMILES string of the molecule is C=CCc1ccc(OCC(=O)N2CCC3C(CCN3C(=O)OC(C)(C)C)C2)c(OC)c1. The summed E-state index contributed by atoms with van der Waals surface area (Å²) in [7, 11) is 1.59. The molecule has 0 saturated carbocycles. The maximum Gasteiger partial charge on any atom is 0.410 e. The maximum absolute atomic E-state index is 12.8. The first-order chi connectivity index (χ1) is 14.7. The Labute approximate surface area is 184 Å². The highest BCUT2D eigenvalue weighted by atomic mass is 16.6. The smallest absolute Gasteiger partial charge is 0.410 e. The van der Waals surface area contributed by atoms with Crippen molar-refractivity contribution in [3.8, 4) is 11.5 Å². The molecule has 2 amide bonds. The van der Waals surface area contributed by atoms with Gasteiger partial charge in [-0.1, -0.05) is 12.1 Å². The molecular formula is C24H34N2O5. The molecule has 2 aliphatic heterocycles. The number of carbonyl (C=O) groups excluding carboxylic acids is 2. The summed E-state index contributed by atoms with van der Waals surface area (Å²) in [6.07, 6.45) is 3.96. The molecule has 2 heterocycles. The van der Waals surface area contributed by atoms with Gasteiger partial charge >= 0.3 is 6.09 Å². The van der Waals surface area contributed by atoms with Crippen molar-refractivity contribution < 1.29 is 23.8 Å². The van der Waals surface area contributed by atoms with Crippen molar-refractivity contribution in [2.24, 2.45) is 5.92 Å². The predicted molar refractivity (Wildman–Crippen MR) is 118 cm³/mol. The second-order valence-electron chi connectivity index (χ2n) is 9.18. The van der Waals surface area contributed by atoms with E-state index in [1.165, 1.54) is 0 Å². The number of carbonyl (C=O) groups is 2. The first-order valence-electron chi connectivity index (χ1n) is 10.9. The fourth-order valence-electron chi connectivity index (χ4n) is 4.31. The average Bonchev–Trinajstić information content (AvgIpc) is 3.15. The zero-order chi connectivity index (χ0) is 22.6. The third-order valence-corrected chi connectivity index (χ3v) is 5.77. The number of piperidine rings is 1. The lowest BCUT2D eigenvalue weighted by molar-refractivity contribution is -0.135. The van der Waals surface area contributed by atoms with Gasteiger partial charge < -0.3 is 24.0 Å². The van der Waals surface area contributed by atoms with Gasteiger partial charge in [-0.2, -0.15) is 0 Å². The van der Waals surface area contributed by atoms with E-state index in [0.29, 0.717) is 31.1 Å². The van der Waals surface area contributed by atoms with Crippen LogP contribution in [-0.2, 0) is 16.0 Å². The van der Waals surface area contributed by atoms with Crippen molar-refractivity contribution >= 4 is 12.0 Å². The van der Waals surface area contributed by atoms with Crippen molar-refractivity contribution in [2.75, 3.05) is 33.4 Å². The molecule has 0 aliphatic carbocycles. The van der Waals surface area contributed by atoms with Crippen LogP contribution in [0.4, 0.5) is 4.79 Å². The number of benzene rings is 1. The zero-order valence-corrected chi connectivity index (χ0v) is 19.1. The molecule has 1 aromatic rings. The zero-order valence-electron chi connectivity index (χ0n) is 19.1. The highest BCUT2D eigenvalue weighted by Crippen LogP contribution is 2.33. The molecule has 7 heteroatoms. The Bertz CT molecular complexity index is 817. The number of amides is 2. The molecule has 2 fully saturated rings. The van der Waals surface area contributed by atoms with Crippen LogP contribution in [-0.4, -0.2) is 66.8 Å². The largest absolute Gasteiger partial charge is 0.493 e. The van der Waals surface area contributed by atoms with E-state index in [1.807, 2.05) is 54.8 Å². The molecule has 7 nitrogen and oxygen atoms in total. The molecule has 0 spiro atoms. The minimum Gasteiger partial charge on any atom is -0.493 e. The third-order valence-electron chi connectivity index (χ3n) is 5.77. The van der Waals surface area contributed by atoms with Gasteiger partial charge in [0.15, 0.2) is 18.1 Å². The highest BCUT2D eigenvalue weighted by Gasteiger charge is 2.42. The second kappa shape index (κ2) is 9.62. The summed E-state index contributed by atoms with van der Waals surface area (Å²) in [6.45, 7) is 11.3. The van der Waals surface area contributed by atoms with Gasteiger partial charge in [0.2, 0.25) is 0 Å². The predicted octanol–water partition coefficient (Wildman–Crippen LogP) is 3.66. The van der Waals surface area contributed by atoms with E-state index in [4.69, 9.17) is 14.2 Å². The van der Waals surface area contributed by atoms with E-state index in [0.717, 1.165) is 24.8 Å². The monoisotopic (exact) mass is 430 g/mol. The van der Waals surface area contributed by atoms with Crippen LogP contribution in [0.15, 0.2) is 30.9 Å². The number of rotatable bonds is 6. The van der Waals surface area contributed by atoms with Gasteiger partial charge in [0.1, 0.15) is 5.60 Å². The summed E-state index contributed by atoms with van der Waals surface area (Å²) in [5.41, 5.74) is 0.567. The summed E-state index contributed by atoms with van der Waals surface area (Å²) in [6, 6.07) is 5.81. The number of ether oxygens (including phenoxy) is 3. The Kier molecular flexibility index (Phi) is 7.13. The number of allylic oxidation sites excluding steroid dienone is 1. The molecule has 2 saturated heterocycles. The Hall–Kier alpha value is -2.70. The molecule has 0 N–H and O–H groups in total. The molecule has 170 valence electrons. The Morgan fingerprint density at radius 2 is 1.97 bits per heavy atom. The number of fused-ring (bicyclic) bond motifs is 1. The summed E-state index contributed by atoms with van der Waals surface area (Å²) >= 11 is 0. The number of methoxy groups -OCH3 is 1. The lowest BCUT2D eigenvalue weighted by atomic mass is 9.93. The fourth-order valence-corrected chi connectivity index (χ4v) is 4.31. The van der Waals surface area contributed by atoms with E-state index in [9.17, 15) is 9.59 Å². The minimum absolute atomic E-state index is 0.0374. The van der Waals surface area contributed by atoms with Crippen LogP contribution in [0, 0.1) is 5.92 Å². The van der Waals surface area contributed by atoms with Crippen LogP contribution in [0.3, 0.4) is 0 Å². The normalized spacial score (nSPS) is 20.8. The first-order valence-corrected chi connectivity index (χ1v) is 10.9. The second-order valence-corrected chi connectivity index (χ2v) is 9.18. The quantitative estimate of drug-likeness (QED) is 0.645. The Balaban J connectivity index is 1.54. The molecule has 0 aromatic heterocycles. The number of nitrogens with zero attached hydrogens (tertiary/aromatic N) is 2. The molecule has 2 unspecified atom stereocenters. The van der Waals surface area contributed by atoms with E-state index in [-0.39, 0.29) is 30.6 Å². The van der Waals surface area contributed by atoms with Crippen LogP contribution >= 0.6 is 0 Å². The van der Waals surface area contributed by atoms with Gasteiger partial charge in [0.05, 0.1) is 7.11 Å². The van der Waals surface area contributed by atoms with Crippen molar-refractivity contribution in [2.45, 2.75) is 51.7 Å². The van der Waals surface area contributed by atoms with Crippen molar-refractivity contribution in [3.05, 3.63) is 36.4 Å². The summed E-state index contributed by atoms with van der Waals surface area (Å²) in [4.78, 5) is 29.0. The van der Waals surface area contributed by atoms with Gasteiger partial charge in [-0.05, 0) is 63.6 Å². The van der Waals surface area contributed by atoms with Gasteiger partial charge in [-0.15, -0.1) is 6.58 Å². The van der Waals surface area contributed by atoms with Gasteiger partial charge in [-0.3, -0.25) is 4.79 Å². The number of hydrogen-bond donors (Lipinski definition) is 0. The molecular weight excluding hydrogens is 396 g/mol. The average molecular weight is 431 g/mol. The van der Waals surface area contributed by atoms with Crippen LogP contribution in [0.5, 0.6) is 11.5 Å². The first kappa shape index (κ1) is 23.0. The molecule has 1 aromatic carbocycles. The molecule has 3 rings (SSSR count). The van der Waals surface area contributed by atoms with Gasteiger partial charge in [-0.25, -0.2) is 4.79 Å². The van der Waals surface area contributed by atoms with E-state index in [1.54, 1.807) is 7.11 Å². The lowest BCUT2D eigenvalue weighted by Crippen LogP contribution is -2.50. The van der Waals surface area contributed by atoms with Crippen molar-refractivity contribution in [1.29, 1.82) is 0 Å².